The Morgan fingerprint density at radius 2 is 1.73 bits per heavy atom. The summed E-state index contributed by atoms with van der Waals surface area (Å²) in [6, 6.07) is 12.1. The molecule has 2 aromatic carbocycles. The van der Waals surface area contributed by atoms with Crippen molar-refractivity contribution in [2.24, 2.45) is 5.92 Å². The number of para-hydroxylation sites is 1. The lowest BCUT2D eigenvalue weighted by Crippen LogP contribution is -2.52. The number of hydrogen-bond acceptors (Lipinski definition) is 6. The van der Waals surface area contributed by atoms with Crippen LogP contribution in [0.2, 0.25) is 0 Å². The zero-order chi connectivity index (χ0) is 29.6. The molecule has 10 heteroatoms. The van der Waals surface area contributed by atoms with Crippen LogP contribution in [0.3, 0.4) is 0 Å². The van der Waals surface area contributed by atoms with E-state index in [9.17, 15) is 19.2 Å². The van der Waals surface area contributed by atoms with Gasteiger partial charge in [0.1, 0.15) is 23.6 Å². The van der Waals surface area contributed by atoms with Crippen LogP contribution in [0.4, 0.5) is 0 Å². The first-order valence-electron chi connectivity index (χ1n) is 14.3. The van der Waals surface area contributed by atoms with Gasteiger partial charge in [0.15, 0.2) is 0 Å². The van der Waals surface area contributed by atoms with Crippen LogP contribution in [0.15, 0.2) is 48.5 Å². The molecule has 0 fully saturated rings. The average molecular weight is 567 g/mol. The predicted octanol–water partition coefficient (Wildman–Crippen LogP) is 3.10. The van der Waals surface area contributed by atoms with Gasteiger partial charge in [-0.15, -0.1) is 0 Å². The molecule has 0 radical (unpaired) electrons. The molecule has 0 aliphatic carbocycles. The molecule has 0 aromatic heterocycles. The molecule has 10 nitrogen and oxygen atoms in total. The molecule has 0 unspecified atom stereocenters. The van der Waals surface area contributed by atoms with Gasteiger partial charge < -0.3 is 30.7 Å². The summed E-state index contributed by atoms with van der Waals surface area (Å²) in [7, 11) is 1.57. The van der Waals surface area contributed by atoms with Crippen molar-refractivity contribution in [3.05, 3.63) is 59.7 Å². The molecule has 3 rings (SSSR count). The lowest BCUT2D eigenvalue weighted by Gasteiger charge is -2.23. The van der Waals surface area contributed by atoms with Gasteiger partial charge in [0.05, 0.1) is 25.7 Å². The Labute approximate surface area is 241 Å². The van der Waals surface area contributed by atoms with Crippen LogP contribution in [-0.4, -0.2) is 56.0 Å². The molecule has 2 aromatic rings. The minimum absolute atomic E-state index is 0.156. The molecule has 41 heavy (non-hydrogen) atoms. The number of benzene rings is 2. The highest BCUT2D eigenvalue weighted by Crippen LogP contribution is 2.19. The van der Waals surface area contributed by atoms with Crippen LogP contribution in [0.5, 0.6) is 11.5 Å². The van der Waals surface area contributed by atoms with E-state index < -0.39 is 29.8 Å². The molecule has 0 saturated carbocycles. The minimum Gasteiger partial charge on any atom is -0.497 e. The Morgan fingerprint density at radius 1 is 1.00 bits per heavy atom. The van der Waals surface area contributed by atoms with Crippen molar-refractivity contribution in [2.45, 2.75) is 71.0 Å². The third kappa shape index (κ3) is 10.4. The molecule has 1 heterocycles. The van der Waals surface area contributed by atoms with E-state index >= 15 is 0 Å². The normalized spacial score (nSPS) is 19.4. The zero-order valence-electron chi connectivity index (χ0n) is 24.2. The molecular formula is C31H42N4O6. The maximum atomic E-state index is 13.3. The molecule has 0 saturated heterocycles. The van der Waals surface area contributed by atoms with Gasteiger partial charge in [0.2, 0.25) is 17.7 Å². The topological polar surface area (TPSA) is 135 Å². The highest BCUT2D eigenvalue weighted by atomic mass is 16.5. The van der Waals surface area contributed by atoms with Crippen molar-refractivity contribution in [3.8, 4) is 11.5 Å². The second kappa shape index (κ2) is 16.2. The Balaban J connectivity index is 1.82. The van der Waals surface area contributed by atoms with Crippen LogP contribution in [-0.2, 0) is 20.9 Å². The van der Waals surface area contributed by atoms with E-state index in [0.29, 0.717) is 31.1 Å². The summed E-state index contributed by atoms with van der Waals surface area (Å²) in [6.07, 6.45) is 3.54. The third-order valence-electron chi connectivity index (χ3n) is 6.76. The van der Waals surface area contributed by atoms with Crippen molar-refractivity contribution < 1.29 is 28.7 Å². The quantitative estimate of drug-likeness (QED) is 0.425. The van der Waals surface area contributed by atoms with Crippen molar-refractivity contribution in [1.29, 1.82) is 0 Å². The summed E-state index contributed by atoms with van der Waals surface area (Å²) >= 11 is 0. The van der Waals surface area contributed by atoms with E-state index in [-0.39, 0.29) is 30.4 Å². The van der Waals surface area contributed by atoms with E-state index in [2.05, 4.69) is 21.3 Å². The molecule has 4 N–H and O–H groups in total. The van der Waals surface area contributed by atoms with Crippen molar-refractivity contribution in [2.75, 3.05) is 20.3 Å². The summed E-state index contributed by atoms with van der Waals surface area (Å²) in [5, 5.41) is 11.2. The fourth-order valence-electron chi connectivity index (χ4n) is 4.52. The maximum absolute atomic E-state index is 13.3. The second-order valence-electron chi connectivity index (χ2n) is 10.6. The number of rotatable bonds is 6. The standard InChI is InChI=1S/C31H42N4O6/c1-21(2)18-25-30(38)32-16-8-4-5-9-17-41-27-11-7-6-10-24(27)29(37)35-26(19-28(36)34-25)31(39)33-20-22-12-14-23(40-3)15-13-22/h6-7,10-15,21,25-26H,4-5,8-9,16-20H2,1-3H3,(H,32,38)(H,33,39)(H,34,36)(H,35,37)/t25-,26-/m0/s1. The zero-order valence-corrected chi connectivity index (χ0v) is 24.2. The first-order chi connectivity index (χ1) is 19.8. The first kappa shape index (κ1) is 31.4. The summed E-state index contributed by atoms with van der Waals surface area (Å²) in [5.74, 6) is -0.566. The lowest BCUT2D eigenvalue weighted by molar-refractivity contribution is -0.131. The van der Waals surface area contributed by atoms with Gasteiger partial charge in [-0.3, -0.25) is 19.2 Å². The first-order valence-corrected chi connectivity index (χ1v) is 14.3. The van der Waals surface area contributed by atoms with E-state index in [1.54, 1.807) is 43.5 Å². The van der Waals surface area contributed by atoms with Crippen molar-refractivity contribution >= 4 is 23.6 Å². The van der Waals surface area contributed by atoms with Gasteiger partial charge in [-0.25, -0.2) is 0 Å². The maximum Gasteiger partial charge on any atom is 0.255 e. The monoisotopic (exact) mass is 566 g/mol. The van der Waals surface area contributed by atoms with Crippen molar-refractivity contribution in [1.82, 2.24) is 21.3 Å². The number of methoxy groups -OCH3 is 1. The fraction of sp³-hybridized carbons (Fsp3) is 0.484. The molecule has 0 bridgehead atoms. The van der Waals surface area contributed by atoms with E-state index in [1.807, 2.05) is 26.0 Å². The SMILES string of the molecule is COc1ccc(CNC(=O)[C@@H]2CC(=O)N[C@@H](CC(C)C)C(=O)NCCCCCCOc3ccccc3C(=O)N2)cc1. The molecule has 1 aliphatic heterocycles. The largest absolute Gasteiger partial charge is 0.497 e. The summed E-state index contributed by atoms with van der Waals surface area (Å²) in [6.45, 7) is 5.08. The molecular weight excluding hydrogens is 524 g/mol. The molecule has 4 amide bonds. The Bertz CT molecular complexity index is 1170. The number of fused-ring (bicyclic) bond motifs is 1. The Morgan fingerprint density at radius 3 is 2.46 bits per heavy atom. The van der Waals surface area contributed by atoms with Gasteiger partial charge in [-0.1, -0.05) is 51.0 Å². The number of carbonyl (C=O) groups excluding carboxylic acids is 4. The Hall–Kier alpha value is -4.08. The highest BCUT2D eigenvalue weighted by Gasteiger charge is 2.28. The average Bonchev–Trinajstić information content (AvgIpc) is 2.96. The summed E-state index contributed by atoms with van der Waals surface area (Å²) in [4.78, 5) is 52.7. The van der Waals surface area contributed by atoms with E-state index in [0.717, 1.165) is 31.2 Å². The number of carbonyl (C=O) groups is 4. The molecule has 0 spiro atoms. The lowest BCUT2D eigenvalue weighted by atomic mass is 10.0. The number of hydrogen-bond donors (Lipinski definition) is 4. The predicted molar refractivity (Wildman–Crippen MR) is 156 cm³/mol. The van der Waals surface area contributed by atoms with Crippen LogP contribution in [0.25, 0.3) is 0 Å². The minimum atomic E-state index is -1.18. The fourth-order valence-corrected chi connectivity index (χ4v) is 4.52. The van der Waals surface area contributed by atoms with Gasteiger partial charge in [-0.05, 0) is 55.0 Å². The van der Waals surface area contributed by atoms with E-state index in [1.165, 1.54) is 0 Å². The summed E-state index contributed by atoms with van der Waals surface area (Å²) in [5.41, 5.74) is 1.10. The van der Waals surface area contributed by atoms with Crippen LogP contribution < -0.4 is 30.7 Å². The highest BCUT2D eigenvalue weighted by molar-refractivity contribution is 6.01. The second-order valence-corrected chi connectivity index (χ2v) is 10.6. The number of amides is 4. The van der Waals surface area contributed by atoms with Gasteiger partial charge in [-0.2, -0.15) is 0 Å². The smallest absolute Gasteiger partial charge is 0.255 e. The van der Waals surface area contributed by atoms with Crippen molar-refractivity contribution in [3.63, 3.8) is 0 Å². The van der Waals surface area contributed by atoms with Gasteiger partial charge in [0.25, 0.3) is 5.91 Å². The number of nitrogens with one attached hydrogen (secondary N) is 4. The van der Waals surface area contributed by atoms with Gasteiger partial charge >= 0.3 is 0 Å². The van der Waals surface area contributed by atoms with Crippen LogP contribution in [0.1, 0.15) is 68.3 Å². The molecule has 2 atom stereocenters. The summed E-state index contributed by atoms with van der Waals surface area (Å²) < 4.78 is 11.1. The van der Waals surface area contributed by atoms with Crippen LogP contribution in [0, 0.1) is 5.92 Å². The number of ether oxygens (including phenoxy) is 2. The molecule has 222 valence electrons. The third-order valence-corrected chi connectivity index (χ3v) is 6.76. The van der Waals surface area contributed by atoms with E-state index in [4.69, 9.17) is 9.47 Å². The Kier molecular flexibility index (Phi) is 12.5. The van der Waals surface area contributed by atoms with Gasteiger partial charge in [0, 0.05) is 13.1 Å². The van der Waals surface area contributed by atoms with Crippen LogP contribution >= 0.6 is 0 Å². The molecule has 1 aliphatic rings.